The highest BCUT2D eigenvalue weighted by molar-refractivity contribution is 7.89. The quantitative estimate of drug-likeness (QED) is 0.642. The summed E-state index contributed by atoms with van der Waals surface area (Å²) in [5, 5.41) is 0. The Hall–Kier alpha value is -2.58. The van der Waals surface area contributed by atoms with E-state index in [1.807, 2.05) is 26.0 Å². The minimum absolute atomic E-state index is 0.0101. The molecule has 1 heterocycles. The molecule has 0 spiro atoms. The van der Waals surface area contributed by atoms with Gasteiger partial charge < -0.3 is 14.2 Å². The maximum atomic E-state index is 12.5. The van der Waals surface area contributed by atoms with Crippen molar-refractivity contribution in [3.63, 3.8) is 0 Å². The van der Waals surface area contributed by atoms with Crippen molar-refractivity contribution in [1.82, 2.24) is 4.31 Å². The topological polar surface area (TPSA) is 82.1 Å². The van der Waals surface area contributed by atoms with Crippen molar-refractivity contribution in [1.29, 1.82) is 0 Å². The largest absolute Gasteiger partial charge is 0.493 e. The number of carbonyl (C=O) groups excluding carboxylic acids is 1. The van der Waals surface area contributed by atoms with Crippen molar-refractivity contribution in [2.45, 2.75) is 37.9 Å². The van der Waals surface area contributed by atoms with Crippen LogP contribution in [-0.2, 0) is 27.8 Å². The number of rotatable bonds is 7. The molecule has 0 aromatic heterocycles. The number of ether oxygens (including phenoxy) is 3. The number of hydrogen-bond acceptors (Lipinski definition) is 6. The second-order valence-corrected chi connectivity index (χ2v) is 9.18. The summed E-state index contributed by atoms with van der Waals surface area (Å²) in [5.41, 5.74) is 1.93. The molecule has 2 aromatic rings. The SMILES string of the molecule is CCOc1cc2c(cc1COC(=O)c1cccc(S(=O)(=O)N(C)C)c1)OC(C)C2. The fraction of sp³-hybridized carbons (Fsp3) is 0.381. The third-order valence-electron chi connectivity index (χ3n) is 4.59. The summed E-state index contributed by atoms with van der Waals surface area (Å²) in [6.07, 6.45) is 0.904. The van der Waals surface area contributed by atoms with E-state index in [4.69, 9.17) is 14.2 Å². The molecule has 0 N–H and O–H groups in total. The average Bonchev–Trinajstić information content (AvgIpc) is 3.05. The van der Waals surface area contributed by atoms with E-state index in [0.717, 1.165) is 22.0 Å². The van der Waals surface area contributed by atoms with E-state index in [2.05, 4.69) is 0 Å². The number of sulfonamides is 1. The van der Waals surface area contributed by atoms with E-state index in [-0.39, 0.29) is 23.2 Å². The molecule has 0 bridgehead atoms. The van der Waals surface area contributed by atoms with Crippen molar-refractivity contribution < 1.29 is 27.4 Å². The van der Waals surface area contributed by atoms with Gasteiger partial charge in [-0.25, -0.2) is 17.5 Å². The van der Waals surface area contributed by atoms with Gasteiger partial charge in [-0.2, -0.15) is 0 Å². The van der Waals surface area contributed by atoms with Crippen LogP contribution in [0.5, 0.6) is 11.5 Å². The highest BCUT2D eigenvalue weighted by Crippen LogP contribution is 2.35. The second-order valence-electron chi connectivity index (χ2n) is 7.02. The van der Waals surface area contributed by atoms with Crippen molar-refractivity contribution >= 4 is 16.0 Å². The van der Waals surface area contributed by atoms with Crippen LogP contribution in [0.4, 0.5) is 0 Å². The monoisotopic (exact) mass is 419 g/mol. The zero-order chi connectivity index (χ0) is 21.2. The van der Waals surface area contributed by atoms with E-state index in [1.54, 1.807) is 0 Å². The Morgan fingerprint density at radius 3 is 2.69 bits per heavy atom. The van der Waals surface area contributed by atoms with Crippen LogP contribution in [0, 0.1) is 0 Å². The maximum Gasteiger partial charge on any atom is 0.338 e. The minimum atomic E-state index is -3.64. The van der Waals surface area contributed by atoms with Crippen LogP contribution in [0.25, 0.3) is 0 Å². The molecule has 1 unspecified atom stereocenters. The first-order valence-electron chi connectivity index (χ1n) is 9.37. The summed E-state index contributed by atoms with van der Waals surface area (Å²) in [5.74, 6) is 0.810. The number of esters is 1. The molecule has 0 saturated carbocycles. The summed E-state index contributed by atoms with van der Waals surface area (Å²) in [6.45, 7) is 4.36. The van der Waals surface area contributed by atoms with Gasteiger partial charge in [0.1, 0.15) is 24.2 Å². The Morgan fingerprint density at radius 1 is 1.24 bits per heavy atom. The van der Waals surface area contributed by atoms with Gasteiger partial charge >= 0.3 is 5.97 Å². The Labute approximate surface area is 171 Å². The minimum Gasteiger partial charge on any atom is -0.493 e. The molecule has 0 amide bonds. The summed E-state index contributed by atoms with van der Waals surface area (Å²) in [6, 6.07) is 9.56. The van der Waals surface area contributed by atoms with Gasteiger partial charge in [0.25, 0.3) is 0 Å². The number of benzene rings is 2. The second kappa shape index (κ2) is 8.42. The van der Waals surface area contributed by atoms with Gasteiger partial charge in [-0.05, 0) is 44.2 Å². The van der Waals surface area contributed by atoms with E-state index >= 15 is 0 Å². The molecule has 0 fully saturated rings. The fourth-order valence-electron chi connectivity index (χ4n) is 3.11. The Kier molecular flexibility index (Phi) is 6.14. The molecule has 0 radical (unpaired) electrons. The van der Waals surface area contributed by atoms with Gasteiger partial charge in [0, 0.05) is 31.6 Å². The number of hydrogen-bond donors (Lipinski definition) is 0. The molecule has 8 heteroatoms. The van der Waals surface area contributed by atoms with Crippen LogP contribution in [0.15, 0.2) is 41.3 Å². The van der Waals surface area contributed by atoms with Crippen molar-refractivity contribution in [2.75, 3.05) is 20.7 Å². The first-order chi connectivity index (χ1) is 13.7. The Bertz CT molecular complexity index is 1020. The number of carbonyl (C=O) groups is 1. The highest BCUT2D eigenvalue weighted by Gasteiger charge is 2.23. The van der Waals surface area contributed by atoms with Crippen molar-refractivity contribution in [3.05, 3.63) is 53.1 Å². The Morgan fingerprint density at radius 2 is 2.00 bits per heavy atom. The lowest BCUT2D eigenvalue weighted by molar-refractivity contribution is 0.0469. The predicted octanol–water partition coefficient (Wildman–Crippen LogP) is 3.02. The molecular formula is C21H25NO6S. The molecule has 0 saturated heterocycles. The number of nitrogens with zero attached hydrogens (tertiary/aromatic N) is 1. The van der Waals surface area contributed by atoms with Gasteiger partial charge in [-0.3, -0.25) is 0 Å². The average molecular weight is 419 g/mol. The lowest BCUT2D eigenvalue weighted by atomic mass is 10.1. The van der Waals surface area contributed by atoms with Crippen molar-refractivity contribution in [3.8, 4) is 11.5 Å². The molecule has 29 heavy (non-hydrogen) atoms. The first-order valence-corrected chi connectivity index (χ1v) is 10.8. The molecule has 1 aliphatic rings. The smallest absolute Gasteiger partial charge is 0.338 e. The van der Waals surface area contributed by atoms with E-state index < -0.39 is 16.0 Å². The van der Waals surface area contributed by atoms with Gasteiger partial charge in [0.15, 0.2) is 0 Å². The molecule has 3 rings (SSSR count). The number of fused-ring (bicyclic) bond motifs is 1. The first kappa shape index (κ1) is 21.1. The molecule has 1 atom stereocenters. The maximum absolute atomic E-state index is 12.5. The molecule has 1 aliphatic heterocycles. The van der Waals surface area contributed by atoms with E-state index in [9.17, 15) is 13.2 Å². The normalized spacial score (nSPS) is 15.7. The molecule has 7 nitrogen and oxygen atoms in total. The van der Waals surface area contributed by atoms with Gasteiger partial charge in [0.05, 0.1) is 17.1 Å². The third-order valence-corrected chi connectivity index (χ3v) is 6.40. The van der Waals surface area contributed by atoms with Crippen LogP contribution in [0.2, 0.25) is 0 Å². The summed E-state index contributed by atoms with van der Waals surface area (Å²) in [4.78, 5) is 12.6. The Balaban J connectivity index is 1.79. The van der Waals surface area contributed by atoms with Gasteiger partial charge in [-0.1, -0.05) is 6.07 Å². The lowest BCUT2D eigenvalue weighted by Gasteiger charge is -2.14. The molecule has 2 aromatic carbocycles. The van der Waals surface area contributed by atoms with Crippen LogP contribution in [0.1, 0.15) is 35.3 Å². The van der Waals surface area contributed by atoms with Crippen LogP contribution in [0.3, 0.4) is 0 Å². The van der Waals surface area contributed by atoms with Crippen LogP contribution >= 0.6 is 0 Å². The molecule has 0 aliphatic carbocycles. The van der Waals surface area contributed by atoms with Crippen LogP contribution < -0.4 is 9.47 Å². The molecular weight excluding hydrogens is 394 g/mol. The van der Waals surface area contributed by atoms with Crippen LogP contribution in [-0.4, -0.2) is 45.5 Å². The highest BCUT2D eigenvalue weighted by atomic mass is 32.2. The third kappa shape index (κ3) is 4.54. The van der Waals surface area contributed by atoms with Crippen molar-refractivity contribution in [2.24, 2.45) is 0 Å². The summed E-state index contributed by atoms with van der Waals surface area (Å²) in [7, 11) is -0.763. The summed E-state index contributed by atoms with van der Waals surface area (Å²) < 4.78 is 42.6. The lowest BCUT2D eigenvalue weighted by Crippen LogP contribution is -2.22. The van der Waals surface area contributed by atoms with Gasteiger partial charge in [-0.15, -0.1) is 0 Å². The fourth-order valence-corrected chi connectivity index (χ4v) is 4.05. The van der Waals surface area contributed by atoms with E-state index in [0.29, 0.717) is 17.9 Å². The van der Waals surface area contributed by atoms with Gasteiger partial charge in [0.2, 0.25) is 10.0 Å². The zero-order valence-corrected chi connectivity index (χ0v) is 17.8. The standard InChI is InChI=1S/C21H25NO6S/c1-5-26-19-11-16-9-14(2)28-20(16)12-17(19)13-27-21(23)15-7-6-8-18(10-15)29(24,25)22(3)4/h6-8,10-12,14H,5,9,13H2,1-4H3. The van der Waals surface area contributed by atoms with E-state index in [1.165, 1.54) is 38.4 Å². The molecule has 156 valence electrons. The predicted molar refractivity (Wildman–Crippen MR) is 108 cm³/mol. The zero-order valence-electron chi connectivity index (χ0n) is 17.0. The summed E-state index contributed by atoms with van der Waals surface area (Å²) >= 11 is 0.